The number of amides is 3. The number of nitrogens with one attached hydrogen (secondary N) is 3. The lowest BCUT2D eigenvalue weighted by molar-refractivity contribution is -0.128. The minimum absolute atomic E-state index is 0.0429. The molecule has 0 spiro atoms. The second-order valence-electron chi connectivity index (χ2n) is 6.80. The first-order valence-corrected chi connectivity index (χ1v) is 9.30. The van der Waals surface area contributed by atoms with Gasteiger partial charge in [-0.3, -0.25) is 4.79 Å². The van der Waals surface area contributed by atoms with E-state index in [1.54, 1.807) is 18.0 Å². The molecule has 3 amide bonds. The van der Waals surface area contributed by atoms with Gasteiger partial charge in [-0.2, -0.15) is 0 Å². The molecule has 0 aliphatic rings. The van der Waals surface area contributed by atoms with E-state index in [1.165, 1.54) is 0 Å². The normalized spacial score (nSPS) is 10.6. The number of aryl methyl sites for hydroxylation is 2. The summed E-state index contributed by atoms with van der Waals surface area (Å²) in [6.07, 6.45) is 1.55. The minimum atomic E-state index is -0.394. The Kier molecular flexibility index (Phi) is 6.26. The van der Waals surface area contributed by atoms with Crippen molar-refractivity contribution in [3.8, 4) is 0 Å². The van der Waals surface area contributed by atoms with E-state index in [1.807, 2.05) is 49.4 Å². The van der Waals surface area contributed by atoms with Crippen molar-refractivity contribution < 1.29 is 9.59 Å². The van der Waals surface area contributed by atoms with Crippen molar-refractivity contribution >= 4 is 28.7 Å². The lowest BCUT2D eigenvalue weighted by Gasteiger charge is -2.17. The van der Waals surface area contributed by atoms with Crippen LogP contribution in [0.2, 0.25) is 0 Å². The average Bonchev–Trinajstić information content (AvgIpc) is 3.08. The van der Waals surface area contributed by atoms with Gasteiger partial charge in [0.25, 0.3) is 0 Å². The Morgan fingerprint density at radius 2 is 1.96 bits per heavy atom. The predicted octanol–water partition coefficient (Wildman–Crippen LogP) is 3.08. The van der Waals surface area contributed by atoms with Crippen LogP contribution in [0.3, 0.4) is 0 Å². The lowest BCUT2D eigenvalue weighted by atomic mass is 10.2. The van der Waals surface area contributed by atoms with Gasteiger partial charge >= 0.3 is 6.03 Å². The summed E-state index contributed by atoms with van der Waals surface area (Å²) in [5.41, 5.74) is 3.72. The molecule has 3 rings (SSSR count). The van der Waals surface area contributed by atoms with Gasteiger partial charge in [-0.1, -0.05) is 24.3 Å². The van der Waals surface area contributed by atoms with Crippen LogP contribution in [0.15, 0.2) is 48.5 Å². The van der Waals surface area contributed by atoms with Gasteiger partial charge < -0.3 is 20.5 Å². The molecular formula is C21H25N5O2. The fraction of sp³-hybridized carbons (Fsp3) is 0.286. The third-order valence-electron chi connectivity index (χ3n) is 4.45. The standard InChI is InChI=1S/C21H25N5O2/c1-15-7-5-8-16(13-15)23-21(28)22-14-20(27)26(2)12-6-11-19-24-17-9-3-4-10-18(17)25-19/h3-5,7-10,13H,6,11-12,14H2,1-2H3,(H,24,25)(H2,22,23,28). The molecule has 1 aromatic heterocycles. The third kappa shape index (κ3) is 5.33. The molecule has 3 aromatic rings. The van der Waals surface area contributed by atoms with Crippen LogP contribution >= 0.6 is 0 Å². The van der Waals surface area contributed by atoms with E-state index in [0.717, 1.165) is 35.3 Å². The molecule has 0 atom stereocenters. The Balaban J connectivity index is 1.38. The van der Waals surface area contributed by atoms with Gasteiger partial charge in [-0.25, -0.2) is 9.78 Å². The third-order valence-corrected chi connectivity index (χ3v) is 4.45. The van der Waals surface area contributed by atoms with E-state index in [4.69, 9.17) is 0 Å². The van der Waals surface area contributed by atoms with E-state index >= 15 is 0 Å². The molecule has 28 heavy (non-hydrogen) atoms. The first-order valence-electron chi connectivity index (χ1n) is 9.30. The quantitative estimate of drug-likeness (QED) is 0.589. The van der Waals surface area contributed by atoms with Gasteiger partial charge in [0, 0.05) is 25.7 Å². The number of hydrogen-bond donors (Lipinski definition) is 3. The van der Waals surface area contributed by atoms with Gasteiger partial charge in [0.2, 0.25) is 5.91 Å². The van der Waals surface area contributed by atoms with Crippen LogP contribution in [-0.4, -0.2) is 46.9 Å². The van der Waals surface area contributed by atoms with E-state index in [0.29, 0.717) is 12.2 Å². The Hall–Kier alpha value is -3.35. The topological polar surface area (TPSA) is 90.1 Å². The number of fused-ring (bicyclic) bond motifs is 1. The molecule has 0 unspecified atom stereocenters. The zero-order valence-corrected chi connectivity index (χ0v) is 16.2. The number of likely N-dealkylation sites (N-methyl/N-ethyl adjacent to an activating group) is 1. The molecule has 1 heterocycles. The van der Waals surface area contributed by atoms with Crippen LogP contribution in [0, 0.1) is 6.92 Å². The molecule has 7 heteroatoms. The fourth-order valence-corrected chi connectivity index (χ4v) is 2.92. The highest BCUT2D eigenvalue weighted by Gasteiger charge is 2.11. The molecule has 2 aromatic carbocycles. The van der Waals surface area contributed by atoms with Gasteiger partial charge in [0.05, 0.1) is 17.6 Å². The molecule has 0 saturated heterocycles. The summed E-state index contributed by atoms with van der Waals surface area (Å²) in [4.78, 5) is 33.6. The van der Waals surface area contributed by atoms with Crippen molar-refractivity contribution in [3.63, 3.8) is 0 Å². The number of nitrogens with zero attached hydrogens (tertiary/aromatic N) is 2. The van der Waals surface area contributed by atoms with Crippen molar-refractivity contribution in [2.45, 2.75) is 19.8 Å². The monoisotopic (exact) mass is 379 g/mol. The number of hydrogen-bond acceptors (Lipinski definition) is 3. The molecular weight excluding hydrogens is 354 g/mol. The molecule has 0 aliphatic carbocycles. The number of H-pyrrole nitrogens is 1. The van der Waals surface area contributed by atoms with E-state index in [-0.39, 0.29) is 12.5 Å². The minimum Gasteiger partial charge on any atom is -0.344 e. The molecule has 0 radical (unpaired) electrons. The highest BCUT2D eigenvalue weighted by Crippen LogP contribution is 2.11. The van der Waals surface area contributed by atoms with Gasteiger partial charge in [-0.05, 0) is 43.2 Å². The van der Waals surface area contributed by atoms with Crippen LogP contribution in [0.5, 0.6) is 0 Å². The smallest absolute Gasteiger partial charge is 0.319 e. The zero-order chi connectivity index (χ0) is 19.9. The Morgan fingerprint density at radius 3 is 2.75 bits per heavy atom. The van der Waals surface area contributed by atoms with Crippen LogP contribution in [0.25, 0.3) is 11.0 Å². The number of carbonyl (C=O) groups is 2. The molecule has 0 fully saturated rings. The number of imidazole rings is 1. The van der Waals surface area contributed by atoms with Gasteiger partial charge in [0.1, 0.15) is 5.82 Å². The Morgan fingerprint density at radius 1 is 1.14 bits per heavy atom. The van der Waals surface area contributed by atoms with Crippen molar-refractivity contribution in [2.75, 3.05) is 25.5 Å². The Labute approximate surface area is 164 Å². The number of aromatic amines is 1. The largest absolute Gasteiger partial charge is 0.344 e. The summed E-state index contributed by atoms with van der Waals surface area (Å²) < 4.78 is 0. The fourth-order valence-electron chi connectivity index (χ4n) is 2.92. The number of anilines is 1. The van der Waals surface area contributed by atoms with Crippen molar-refractivity contribution in [3.05, 3.63) is 59.9 Å². The highest BCUT2D eigenvalue weighted by molar-refractivity contribution is 5.92. The molecule has 0 saturated carbocycles. The van der Waals surface area contributed by atoms with Crippen LogP contribution in [0.4, 0.5) is 10.5 Å². The van der Waals surface area contributed by atoms with Crippen LogP contribution in [-0.2, 0) is 11.2 Å². The molecule has 3 N–H and O–H groups in total. The van der Waals surface area contributed by atoms with Crippen molar-refractivity contribution in [2.24, 2.45) is 0 Å². The zero-order valence-electron chi connectivity index (χ0n) is 16.2. The number of para-hydroxylation sites is 2. The van der Waals surface area contributed by atoms with E-state index in [2.05, 4.69) is 20.6 Å². The van der Waals surface area contributed by atoms with Gasteiger partial charge in [0.15, 0.2) is 0 Å². The predicted molar refractivity (Wildman–Crippen MR) is 110 cm³/mol. The second-order valence-corrected chi connectivity index (χ2v) is 6.80. The number of urea groups is 1. The number of rotatable bonds is 7. The summed E-state index contributed by atoms with van der Waals surface area (Å²) in [7, 11) is 1.74. The second kappa shape index (κ2) is 9.03. The number of carbonyl (C=O) groups excluding carboxylic acids is 2. The summed E-state index contributed by atoms with van der Waals surface area (Å²) in [6, 6.07) is 15.0. The highest BCUT2D eigenvalue weighted by atomic mass is 16.2. The van der Waals surface area contributed by atoms with Crippen LogP contribution in [0.1, 0.15) is 17.8 Å². The summed E-state index contributed by atoms with van der Waals surface area (Å²) in [5, 5.41) is 5.32. The number of aromatic nitrogens is 2. The SMILES string of the molecule is Cc1cccc(NC(=O)NCC(=O)N(C)CCCc2nc3ccccc3[nH]2)c1. The average molecular weight is 379 g/mol. The first kappa shape index (κ1) is 19.4. The summed E-state index contributed by atoms with van der Waals surface area (Å²) >= 11 is 0. The van der Waals surface area contributed by atoms with E-state index in [9.17, 15) is 9.59 Å². The lowest BCUT2D eigenvalue weighted by Crippen LogP contribution is -2.40. The molecule has 146 valence electrons. The van der Waals surface area contributed by atoms with Crippen molar-refractivity contribution in [1.82, 2.24) is 20.2 Å². The van der Waals surface area contributed by atoms with Crippen molar-refractivity contribution in [1.29, 1.82) is 0 Å². The summed E-state index contributed by atoms with van der Waals surface area (Å²) in [6.45, 7) is 2.50. The molecule has 0 aliphatic heterocycles. The maximum atomic E-state index is 12.2. The maximum Gasteiger partial charge on any atom is 0.319 e. The molecule has 0 bridgehead atoms. The van der Waals surface area contributed by atoms with Crippen LogP contribution < -0.4 is 10.6 Å². The van der Waals surface area contributed by atoms with E-state index < -0.39 is 6.03 Å². The molecule has 7 nitrogen and oxygen atoms in total. The summed E-state index contributed by atoms with van der Waals surface area (Å²) in [5.74, 6) is 0.779. The first-order chi connectivity index (χ1) is 13.5. The Bertz CT molecular complexity index is 933. The van der Waals surface area contributed by atoms with Gasteiger partial charge in [-0.15, -0.1) is 0 Å². The number of benzene rings is 2. The maximum absolute atomic E-state index is 12.2.